The van der Waals surface area contributed by atoms with Crippen LogP contribution in [0.3, 0.4) is 0 Å². The summed E-state index contributed by atoms with van der Waals surface area (Å²) in [6.45, 7) is 10.2. The highest BCUT2D eigenvalue weighted by Crippen LogP contribution is 2.17. The second-order valence-corrected chi connectivity index (χ2v) is 4.43. The van der Waals surface area contributed by atoms with Crippen LogP contribution in [-0.2, 0) is 0 Å². The lowest BCUT2D eigenvalue weighted by atomic mass is 10.1. The van der Waals surface area contributed by atoms with Gasteiger partial charge in [-0.15, -0.1) is 0 Å². The number of rotatable bonds is 0. The molecule has 0 saturated carbocycles. The Kier molecular flexibility index (Phi) is 2.01. The van der Waals surface area contributed by atoms with Crippen LogP contribution in [0.1, 0.15) is 27.7 Å². The molecule has 11 heavy (non-hydrogen) atoms. The van der Waals surface area contributed by atoms with Crippen LogP contribution in [0.4, 0.5) is 0 Å². The molecular formula is C8H17N3. The molecule has 0 radical (unpaired) electrons. The Balaban J connectivity index is 2.72. The van der Waals surface area contributed by atoms with Crippen LogP contribution in [0.15, 0.2) is 10.2 Å². The number of nitrogens with one attached hydrogen (secondary N) is 1. The number of hydrogen-bond acceptors (Lipinski definition) is 3. The average molecular weight is 155 g/mol. The van der Waals surface area contributed by atoms with Gasteiger partial charge in [-0.2, -0.15) is 10.2 Å². The molecular weight excluding hydrogens is 138 g/mol. The molecule has 1 rings (SSSR count). The fourth-order valence-corrected chi connectivity index (χ4v) is 1.02. The minimum absolute atomic E-state index is 0.0340. The van der Waals surface area contributed by atoms with E-state index in [1.54, 1.807) is 0 Å². The molecule has 1 aliphatic rings. The maximum Gasteiger partial charge on any atom is 0.0883 e. The van der Waals surface area contributed by atoms with Gasteiger partial charge in [0.25, 0.3) is 0 Å². The van der Waals surface area contributed by atoms with Crippen LogP contribution in [0.2, 0.25) is 0 Å². The number of nitrogens with zero attached hydrogens (tertiary/aromatic N) is 2. The molecule has 0 bridgehead atoms. The normalized spacial score (nSPS) is 28.0. The first-order valence-electron chi connectivity index (χ1n) is 4.06. The summed E-state index contributed by atoms with van der Waals surface area (Å²) in [6.07, 6.45) is 0. The van der Waals surface area contributed by atoms with Gasteiger partial charge in [0.05, 0.1) is 11.1 Å². The van der Waals surface area contributed by atoms with Crippen molar-refractivity contribution in [1.29, 1.82) is 0 Å². The van der Waals surface area contributed by atoms with E-state index >= 15 is 0 Å². The van der Waals surface area contributed by atoms with Gasteiger partial charge in [0, 0.05) is 13.1 Å². The second kappa shape index (κ2) is 2.55. The highest BCUT2D eigenvalue weighted by molar-refractivity contribution is 4.88. The lowest BCUT2D eigenvalue weighted by molar-refractivity contribution is 0.471. The van der Waals surface area contributed by atoms with E-state index in [9.17, 15) is 0 Å². The van der Waals surface area contributed by atoms with Crippen LogP contribution < -0.4 is 5.32 Å². The first-order valence-corrected chi connectivity index (χ1v) is 4.06. The molecule has 3 heteroatoms. The van der Waals surface area contributed by atoms with Crippen LogP contribution in [0.5, 0.6) is 0 Å². The molecule has 0 aromatic rings. The summed E-state index contributed by atoms with van der Waals surface area (Å²) in [5, 5.41) is 11.9. The molecule has 3 nitrogen and oxygen atoms in total. The fourth-order valence-electron chi connectivity index (χ4n) is 1.02. The molecule has 0 aromatic heterocycles. The molecule has 0 saturated heterocycles. The molecule has 0 unspecified atom stereocenters. The Labute approximate surface area is 68.3 Å². The van der Waals surface area contributed by atoms with Crippen LogP contribution in [0, 0.1) is 0 Å². The molecule has 0 amide bonds. The van der Waals surface area contributed by atoms with E-state index < -0.39 is 0 Å². The largest absolute Gasteiger partial charge is 0.312 e. The lowest BCUT2D eigenvalue weighted by Gasteiger charge is -2.15. The third-order valence-corrected chi connectivity index (χ3v) is 1.71. The molecule has 0 fully saturated rings. The van der Waals surface area contributed by atoms with Crippen molar-refractivity contribution in [2.45, 2.75) is 38.8 Å². The molecule has 0 atom stereocenters. The minimum atomic E-state index is -0.0340. The maximum atomic E-state index is 4.27. The fraction of sp³-hybridized carbons (Fsp3) is 1.00. The smallest absolute Gasteiger partial charge is 0.0883 e. The van der Waals surface area contributed by atoms with E-state index in [4.69, 9.17) is 0 Å². The highest BCUT2D eigenvalue weighted by atomic mass is 15.2. The van der Waals surface area contributed by atoms with Gasteiger partial charge in [0.1, 0.15) is 0 Å². The molecule has 1 N–H and O–H groups in total. The van der Waals surface area contributed by atoms with Crippen LogP contribution in [0.25, 0.3) is 0 Å². The number of azo groups is 1. The average Bonchev–Trinajstić information content (AvgIpc) is 1.92. The topological polar surface area (TPSA) is 36.8 Å². The van der Waals surface area contributed by atoms with Gasteiger partial charge in [0.15, 0.2) is 0 Å². The quantitative estimate of drug-likeness (QED) is 0.566. The van der Waals surface area contributed by atoms with Crippen molar-refractivity contribution in [3.05, 3.63) is 0 Å². The van der Waals surface area contributed by atoms with Gasteiger partial charge in [-0.3, -0.25) is 0 Å². The van der Waals surface area contributed by atoms with E-state index in [0.717, 1.165) is 13.1 Å². The monoisotopic (exact) mass is 155 g/mol. The summed E-state index contributed by atoms with van der Waals surface area (Å²) in [7, 11) is 0. The van der Waals surface area contributed by atoms with E-state index in [-0.39, 0.29) is 11.1 Å². The molecule has 64 valence electrons. The zero-order valence-electron chi connectivity index (χ0n) is 7.81. The molecule has 1 aliphatic heterocycles. The zero-order chi connectivity index (χ0) is 8.54. The lowest BCUT2D eigenvalue weighted by Crippen LogP contribution is -2.36. The van der Waals surface area contributed by atoms with Crippen LogP contribution >= 0.6 is 0 Å². The third kappa shape index (κ3) is 2.58. The van der Waals surface area contributed by atoms with Crippen molar-refractivity contribution in [2.24, 2.45) is 10.2 Å². The second-order valence-electron chi connectivity index (χ2n) is 4.43. The highest BCUT2D eigenvalue weighted by Gasteiger charge is 2.25. The molecule has 0 aliphatic carbocycles. The van der Waals surface area contributed by atoms with E-state index in [1.807, 2.05) is 0 Å². The van der Waals surface area contributed by atoms with Crippen molar-refractivity contribution < 1.29 is 0 Å². The Hall–Kier alpha value is -0.440. The summed E-state index contributed by atoms with van der Waals surface area (Å²) < 4.78 is 0. The summed E-state index contributed by atoms with van der Waals surface area (Å²) in [5.74, 6) is 0. The van der Waals surface area contributed by atoms with E-state index in [1.165, 1.54) is 0 Å². The maximum absolute atomic E-state index is 4.27. The van der Waals surface area contributed by atoms with Gasteiger partial charge in [0.2, 0.25) is 0 Å². The summed E-state index contributed by atoms with van der Waals surface area (Å²) in [6, 6.07) is 0. The minimum Gasteiger partial charge on any atom is -0.312 e. The van der Waals surface area contributed by atoms with Crippen molar-refractivity contribution in [3.8, 4) is 0 Å². The first kappa shape index (κ1) is 8.65. The van der Waals surface area contributed by atoms with Crippen molar-refractivity contribution in [3.63, 3.8) is 0 Å². The summed E-state index contributed by atoms with van der Waals surface area (Å²) >= 11 is 0. The number of hydrogen-bond donors (Lipinski definition) is 1. The van der Waals surface area contributed by atoms with Crippen molar-refractivity contribution in [1.82, 2.24) is 5.32 Å². The summed E-state index contributed by atoms with van der Waals surface area (Å²) in [4.78, 5) is 0. The van der Waals surface area contributed by atoms with Gasteiger partial charge < -0.3 is 5.32 Å². The zero-order valence-corrected chi connectivity index (χ0v) is 7.81. The van der Waals surface area contributed by atoms with Crippen LogP contribution in [-0.4, -0.2) is 24.2 Å². The van der Waals surface area contributed by atoms with Crippen molar-refractivity contribution in [2.75, 3.05) is 13.1 Å². The Bertz CT molecular complexity index is 152. The van der Waals surface area contributed by atoms with E-state index in [2.05, 4.69) is 43.2 Å². The predicted molar refractivity (Wildman–Crippen MR) is 45.9 cm³/mol. The SMILES string of the molecule is CC1(C)CNCC(C)(C)N=N1. The Morgan fingerprint density at radius 1 is 0.909 bits per heavy atom. The molecule has 0 spiro atoms. The Morgan fingerprint density at radius 3 is 1.64 bits per heavy atom. The summed E-state index contributed by atoms with van der Waals surface area (Å²) in [5.41, 5.74) is -0.0679. The predicted octanol–water partition coefficient (Wildman–Crippen LogP) is 1.60. The first-order chi connectivity index (χ1) is 4.91. The van der Waals surface area contributed by atoms with Gasteiger partial charge >= 0.3 is 0 Å². The van der Waals surface area contributed by atoms with Crippen molar-refractivity contribution >= 4 is 0 Å². The molecule has 0 aromatic carbocycles. The van der Waals surface area contributed by atoms with Gasteiger partial charge in [-0.25, -0.2) is 0 Å². The third-order valence-electron chi connectivity index (χ3n) is 1.71. The van der Waals surface area contributed by atoms with E-state index in [0.29, 0.717) is 0 Å². The van der Waals surface area contributed by atoms with Gasteiger partial charge in [-0.1, -0.05) is 0 Å². The Morgan fingerprint density at radius 2 is 1.27 bits per heavy atom. The standard InChI is InChI=1S/C8H17N3/c1-7(2)5-9-6-8(3,4)11-10-7/h9H,5-6H2,1-4H3. The molecule has 1 heterocycles. The van der Waals surface area contributed by atoms with Gasteiger partial charge in [-0.05, 0) is 27.7 Å².